The van der Waals surface area contributed by atoms with Gasteiger partial charge >= 0.3 is 147 Å². The van der Waals surface area contributed by atoms with Gasteiger partial charge in [0.25, 0.3) is 0 Å². The van der Waals surface area contributed by atoms with Crippen LogP contribution in [0, 0.1) is 17.8 Å². The van der Waals surface area contributed by atoms with Crippen molar-refractivity contribution < 1.29 is 0 Å². The second-order valence-electron chi connectivity index (χ2n) is 7.43. The maximum absolute atomic E-state index is 2.46. The minimum atomic E-state index is -1.27. The molecule has 23 heavy (non-hydrogen) atoms. The summed E-state index contributed by atoms with van der Waals surface area (Å²) in [5.74, 6) is 2.59. The van der Waals surface area contributed by atoms with Crippen molar-refractivity contribution in [2.24, 2.45) is 17.8 Å². The molecule has 0 aliphatic heterocycles. The van der Waals surface area contributed by atoms with E-state index < -0.39 is 14.7 Å². The van der Waals surface area contributed by atoms with E-state index in [0.29, 0.717) is 0 Å². The normalized spacial score (nSPS) is 25.0. The Morgan fingerprint density at radius 1 is 0.826 bits per heavy atom. The number of rotatable bonds is 4. The molecule has 1 aliphatic rings. The summed E-state index contributed by atoms with van der Waals surface area (Å²) >= 11 is -1.27. The predicted octanol–water partition coefficient (Wildman–Crippen LogP) is 4.76. The Kier molecular flexibility index (Phi) is 5.65. The molecule has 1 fully saturated rings. The Balaban J connectivity index is 2.03. The molecule has 0 radical (unpaired) electrons. The van der Waals surface area contributed by atoms with Gasteiger partial charge in [-0.15, -0.1) is 0 Å². The molecule has 122 valence electrons. The van der Waals surface area contributed by atoms with Crippen LogP contribution in [0.5, 0.6) is 0 Å². The van der Waals surface area contributed by atoms with Gasteiger partial charge in [0.15, 0.2) is 0 Å². The van der Waals surface area contributed by atoms with Gasteiger partial charge in [0.1, 0.15) is 0 Å². The molecular weight excluding hydrogens is 339 g/mol. The Morgan fingerprint density at radius 2 is 1.35 bits per heavy atom. The Morgan fingerprint density at radius 3 is 1.83 bits per heavy atom. The van der Waals surface area contributed by atoms with Crippen LogP contribution in [-0.4, -0.2) is 14.7 Å². The van der Waals surface area contributed by atoms with E-state index in [-0.39, 0.29) is 0 Å². The van der Waals surface area contributed by atoms with E-state index in [2.05, 4.69) is 81.4 Å². The summed E-state index contributed by atoms with van der Waals surface area (Å²) in [6.45, 7) is 7.35. The first kappa shape index (κ1) is 16.8. The van der Waals surface area contributed by atoms with Gasteiger partial charge in [0.05, 0.1) is 0 Å². The van der Waals surface area contributed by atoms with E-state index >= 15 is 0 Å². The Bertz CT molecular complexity index is 550. The van der Waals surface area contributed by atoms with E-state index in [1.54, 1.807) is 8.70 Å². The number of hydrogen-bond acceptors (Lipinski definition) is 0. The zero-order valence-corrected chi connectivity index (χ0v) is 16.5. The summed E-state index contributed by atoms with van der Waals surface area (Å²) in [4.78, 5) is 0. The molecule has 3 rings (SSSR count). The average Bonchev–Trinajstić information content (AvgIpc) is 2.57. The summed E-state index contributed by atoms with van der Waals surface area (Å²) in [6.07, 6.45) is 4.27. The molecule has 1 aliphatic carbocycles. The molecular formula is C22H29As. The number of hydrogen-bond donors (Lipinski definition) is 0. The summed E-state index contributed by atoms with van der Waals surface area (Å²) in [5, 5.41) is 0. The van der Waals surface area contributed by atoms with Crippen LogP contribution in [0.15, 0.2) is 60.7 Å². The van der Waals surface area contributed by atoms with Crippen molar-refractivity contribution in [1.29, 1.82) is 0 Å². The van der Waals surface area contributed by atoms with Crippen LogP contribution in [0.25, 0.3) is 0 Å². The fraction of sp³-hybridized carbons (Fsp3) is 0.455. The van der Waals surface area contributed by atoms with Gasteiger partial charge in [0, 0.05) is 0 Å². The van der Waals surface area contributed by atoms with Crippen LogP contribution in [-0.2, 0) is 0 Å². The van der Waals surface area contributed by atoms with Crippen LogP contribution in [0.2, 0.25) is 4.71 Å². The fourth-order valence-electron chi connectivity index (χ4n) is 4.16. The summed E-state index contributed by atoms with van der Waals surface area (Å²) in [7, 11) is 0. The monoisotopic (exact) mass is 368 g/mol. The molecule has 3 atom stereocenters. The molecule has 0 aromatic heterocycles. The van der Waals surface area contributed by atoms with Gasteiger partial charge in [-0.3, -0.25) is 0 Å². The van der Waals surface area contributed by atoms with E-state index in [0.717, 1.165) is 22.5 Å². The van der Waals surface area contributed by atoms with Gasteiger partial charge in [-0.1, -0.05) is 0 Å². The molecule has 0 nitrogen and oxygen atoms in total. The minimum absolute atomic E-state index is 0.803. The zero-order chi connectivity index (χ0) is 16.2. The van der Waals surface area contributed by atoms with Gasteiger partial charge in [-0.25, -0.2) is 0 Å². The molecule has 0 saturated heterocycles. The summed E-state index contributed by atoms with van der Waals surface area (Å²) in [5.41, 5.74) is 0. The predicted molar refractivity (Wildman–Crippen MR) is 103 cm³/mol. The standard InChI is InChI=1S/C22H29As/c1-17(2)21-15-14-18(3)16-22(21)23(19-10-6-4-7-11-19)20-12-8-5-9-13-20/h4-13,17-18,21-22H,14-16H2,1-3H3/t18-,21+,22+/m1/s1. The van der Waals surface area contributed by atoms with Gasteiger partial charge in [-0.05, 0) is 0 Å². The third kappa shape index (κ3) is 3.92. The molecule has 0 N–H and O–H groups in total. The summed E-state index contributed by atoms with van der Waals surface area (Å²) < 4.78 is 4.17. The zero-order valence-electron chi connectivity index (χ0n) is 14.7. The fourth-order valence-corrected chi connectivity index (χ4v) is 11.5. The second-order valence-corrected chi connectivity index (χ2v) is 12.5. The van der Waals surface area contributed by atoms with Crippen molar-refractivity contribution in [3.05, 3.63) is 60.7 Å². The van der Waals surface area contributed by atoms with Crippen molar-refractivity contribution in [3.63, 3.8) is 0 Å². The van der Waals surface area contributed by atoms with E-state index in [1.807, 2.05) is 0 Å². The Labute approximate surface area is 146 Å². The van der Waals surface area contributed by atoms with Crippen molar-refractivity contribution in [1.82, 2.24) is 0 Å². The first-order valence-electron chi connectivity index (χ1n) is 9.06. The molecule has 1 heteroatoms. The topological polar surface area (TPSA) is 0 Å². The second kappa shape index (κ2) is 7.71. The molecule has 2 aromatic rings. The van der Waals surface area contributed by atoms with Crippen LogP contribution in [0.1, 0.15) is 40.0 Å². The van der Waals surface area contributed by atoms with Gasteiger partial charge in [0.2, 0.25) is 0 Å². The molecule has 0 unspecified atom stereocenters. The molecule has 0 spiro atoms. The van der Waals surface area contributed by atoms with Crippen LogP contribution < -0.4 is 8.70 Å². The molecule has 1 saturated carbocycles. The third-order valence-electron chi connectivity index (χ3n) is 5.39. The average molecular weight is 368 g/mol. The van der Waals surface area contributed by atoms with E-state index in [4.69, 9.17) is 0 Å². The van der Waals surface area contributed by atoms with Crippen molar-refractivity contribution >= 4 is 23.4 Å². The van der Waals surface area contributed by atoms with Gasteiger partial charge in [-0.2, -0.15) is 0 Å². The number of benzene rings is 2. The van der Waals surface area contributed by atoms with Crippen LogP contribution >= 0.6 is 0 Å². The van der Waals surface area contributed by atoms with Gasteiger partial charge < -0.3 is 0 Å². The third-order valence-corrected chi connectivity index (χ3v) is 11.6. The van der Waals surface area contributed by atoms with Crippen molar-refractivity contribution in [3.8, 4) is 0 Å². The molecule has 0 bridgehead atoms. The summed E-state index contributed by atoms with van der Waals surface area (Å²) in [6, 6.07) is 22.8. The molecule has 2 aromatic carbocycles. The maximum atomic E-state index is 2.46. The first-order valence-corrected chi connectivity index (χ1v) is 12.0. The van der Waals surface area contributed by atoms with Crippen molar-refractivity contribution in [2.45, 2.75) is 44.7 Å². The van der Waals surface area contributed by atoms with E-state index in [9.17, 15) is 0 Å². The molecule has 0 amide bonds. The van der Waals surface area contributed by atoms with Crippen molar-refractivity contribution in [2.75, 3.05) is 0 Å². The molecule has 0 heterocycles. The first-order chi connectivity index (χ1) is 11.2. The quantitative estimate of drug-likeness (QED) is 0.683. The van der Waals surface area contributed by atoms with Crippen LogP contribution in [0.4, 0.5) is 0 Å². The SMILES string of the molecule is CC(C)[C@@H]1CC[C@@H](C)C[C@@H]1[As](c1ccccc1)c1ccccc1. The van der Waals surface area contributed by atoms with E-state index in [1.165, 1.54) is 19.3 Å². The van der Waals surface area contributed by atoms with Crippen LogP contribution in [0.3, 0.4) is 0 Å². The Hall–Kier alpha value is -1.00.